The molecule has 8 nitrogen and oxygen atoms in total. The van der Waals surface area contributed by atoms with Crippen LogP contribution in [-0.2, 0) is 0 Å². The molecular weight excluding hydrogens is 432 g/mol. The van der Waals surface area contributed by atoms with Gasteiger partial charge in [0.25, 0.3) is 5.91 Å². The van der Waals surface area contributed by atoms with Crippen molar-refractivity contribution in [2.24, 2.45) is 5.10 Å². The molecule has 0 atom stereocenters. The Balaban J connectivity index is 1.44. The van der Waals surface area contributed by atoms with E-state index in [-0.39, 0.29) is 0 Å². The number of hydrazone groups is 1. The van der Waals surface area contributed by atoms with Crippen LogP contribution in [0.2, 0.25) is 0 Å². The van der Waals surface area contributed by atoms with Crippen LogP contribution in [0.4, 0.5) is 0 Å². The van der Waals surface area contributed by atoms with Crippen LogP contribution in [0, 0.1) is 0 Å². The maximum absolute atomic E-state index is 12.5. The van der Waals surface area contributed by atoms with E-state index in [0.717, 1.165) is 16.7 Å². The van der Waals surface area contributed by atoms with Gasteiger partial charge in [0.15, 0.2) is 11.5 Å². The van der Waals surface area contributed by atoms with E-state index >= 15 is 0 Å². The number of carbonyl (C=O) groups is 1. The molecule has 0 spiro atoms. The molecular formula is C26H24N4O4. The van der Waals surface area contributed by atoms with Crippen LogP contribution in [0.3, 0.4) is 0 Å². The van der Waals surface area contributed by atoms with Gasteiger partial charge >= 0.3 is 0 Å². The Kier molecular flexibility index (Phi) is 6.88. The topological polar surface area (TPSA) is 97.8 Å². The molecule has 0 aliphatic rings. The number of aromatic nitrogens is 2. The van der Waals surface area contributed by atoms with Gasteiger partial charge in [-0.05, 0) is 23.3 Å². The Bertz CT molecular complexity index is 1300. The third-order valence-electron chi connectivity index (χ3n) is 5.22. The molecule has 0 aliphatic heterocycles. The Hall–Kier alpha value is -4.59. The molecule has 3 aromatic carbocycles. The van der Waals surface area contributed by atoms with E-state index in [9.17, 15) is 4.79 Å². The average molecular weight is 457 g/mol. The Morgan fingerprint density at radius 1 is 0.824 bits per heavy atom. The number of amides is 1. The summed E-state index contributed by atoms with van der Waals surface area (Å²) in [5, 5.41) is 11.1. The number of hydrogen-bond acceptors (Lipinski definition) is 6. The predicted molar refractivity (Wildman–Crippen MR) is 131 cm³/mol. The summed E-state index contributed by atoms with van der Waals surface area (Å²) in [7, 11) is 4.62. The minimum Gasteiger partial charge on any atom is -0.496 e. The smallest absolute Gasteiger partial charge is 0.289 e. The summed E-state index contributed by atoms with van der Waals surface area (Å²) >= 11 is 0. The van der Waals surface area contributed by atoms with Gasteiger partial charge in [-0.25, -0.2) is 5.43 Å². The van der Waals surface area contributed by atoms with Gasteiger partial charge in [0.05, 0.1) is 33.2 Å². The second-order valence-electron chi connectivity index (χ2n) is 7.26. The van der Waals surface area contributed by atoms with Gasteiger partial charge in [0.1, 0.15) is 11.4 Å². The average Bonchev–Trinajstić information content (AvgIpc) is 3.39. The maximum Gasteiger partial charge on any atom is 0.289 e. The highest BCUT2D eigenvalue weighted by Crippen LogP contribution is 2.33. The monoisotopic (exact) mass is 456 g/mol. The summed E-state index contributed by atoms with van der Waals surface area (Å²) in [5.74, 6) is 1.16. The zero-order valence-electron chi connectivity index (χ0n) is 19.0. The third-order valence-corrected chi connectivity index (χ3v) is 5.22. The van der Waals surface area contributed by atoms with Crippen molar-refractivity contribution in [2.45, 2.75) is 0 Å². The van der Waals surface area contributed by atoms with Crippen molar-refractivity contribution in [3.8, 4) is 39.6 Å². The van der Waals surface area contributed by atoms with Gasteiger partial charge in [-0.3, -0.25) is 9.89 Å². The van der Waals surface area contributed by atoms with Gasteiger partial charge in [0, 0.05) is 17.2 Å². The molecule has 0 aliphatic carbocycles. The molecule has 0 radical (unpaired) electrons. The zero-order valence-corrected chi connectivity index (χ0v) is 19.0. The number of hydrogen-bond donors (Lipinski definition) is 2. The molecule has 172 valence electrons. The number of benzene rings is 3. The summed E-state index contributed by atoms with van der Waals surface area (Å²) in [6, 6.07) is 23.2. The van der Waals surface area contributed by atoms with E-state index in [4.69, 9.17) is 14.2 Å². The van der Waals surface area contributed by atoms with E-state index in [1.165, 1.54) is 20.4 Å². The van der Waals surface area contributed by atoms with Gasteiger partial charge in [-0.1, -0.05) is 54.6 Å². The molecule has 0 saturated heterocycles. The minimum atomic E-state index is -0.421. The number of H-pyrrole nitrogens is 1. The van der Waals surface area contributed by atoms with Crippen molar-refractivity contribution in [3.05, 3.63) is 84.1 Å². The highest BCUT2D eigenvalue weighted by Gasteiger charge is 2.12. The highest BCUT2D eigenvalue weighted by atomic mass is 16.5. The summed E-state index contributed by atoms with van der Waals surface area (Å²) in [6.45, 7) is 0. The lowest BCUT2D eigenvalue weighted by Gasteiger charge is -2.11. The molecule has 1 heterocycles. The first-order valence-electron chi connectivity index (χ1n) is 10.5. The van der Waals surface area contributed by atoms with Crippen molar-refractivity contribution in [1.82, 2.24) is 15.6 Å². The summed E-state index contributed by atoms with van der Waals surface area (Å²) in [5.41, 5.74) is 7.20. The molecule has 4 rings (SSSR count). The first-order chi connectivity index (χ1) is 16.6. The lowest BCUT2D eigenvalue weighted by molar-refractivity contribution is 0.0950. The van der Waals surface area contributed by atoms with Gasteiger partial charge in [-0.2, -0.15) is 10.2 Å². The van der Waals surface area contributed by atoms with Gasteiger partial charge < -0.3 is 14.2 Å². The van der Waals surface area contributed by atoms with E-state index in [0.29, 0.717) is 34.2 Å². The lowest BCUT2D eigenvalue weighted by atomic mass is 10.0. The van der Waals surface area contributed by atoms with E-state index in [2.05, 4.69) is 32.9 Å². The van der Waals surface area contributed by atoms with Crippen LogP contribution in [0.25, 0.3) is 22.4 Å². The largest absolute Gasteiger partial charge is 0.496 e. The number of carbonyl (C=O) groups excluding carboxylic acids is 1. The molecule has 0 unspecified atom stereocenters. The molecule has 34 heavy (non-hydrogen) atoms. The minimum absolute atomic E-state index is 0.290. The lowest BCUT2D eigenvalue weighted by Crippen LogP contribution is -2.18. The van der Waals surface area contributed by atoms with Crippen molar-refractivity contribution in [3.63, 3.8) is 0 Å². The van der Waals surface area contributed by atoms with Crippen molar-refractivity contribution < 1.29 is 19.0 Å². The van der Waals surface area contributed by atoms with Crippen molar-refractivity contribution in [1.29, 1.82) is 0 Å². The van der Waals surface area contributed by atoms with Crippen LogP contribution in [0.15, 0.2) is 77.9 Å². The first kappa shape index (κ1) is 22.6. The fraction of sp³-hybridized carbons (Fsp3) is 0.115. The molecule has 1 amide bonds. The third kappa shape index (κ3) is 4.91. The van der Waals surface area contributed by atoms with E-state index in [1.807, 2.05) is 42.5 Å². The summed E-state index contributed by atoms with van der Waals surface area (Å²) < 4.78 is 15.9. The fourth-order valence-electron chi connectivity index (χ4n) is 3.42. The molecule has 0 bridgehead atoms. The predicted octanol–water partition coefficient (Wildman–Crippen LogP) is 4.53. The number of nitrogens with one attached hydrogen (secondary N) is 2. The second kappa shape index (κ2) is 10.4. The SMILES string of the molecule is COc1cc(OC)c(OC)cc1/C=N\NC(=O)c1cc(-c2ccc(-c3ccccc3)cc2)n[nH]1. The fourth-order valence-corrected chi connectivity index (χ4v) is 3.42. The molecule has 8 heteroatoms. The van der Waals surface area contributed by atoms with Crippen LogP contribution < -0.4 is 19.6 Å². The van der Waals surface area contributed by atoms with E-state index in [1.54, 1.807) is 25.3 Å². The maximum atomic E-state index is 12.5. The Morgan fingerprint density at radius 3 is 2.12 bits per heavy atom. The molecule has 2 N–H and O–H groups in total. The first-order valence-corrected chi connectivity index (χ1v) is 10.5. The molecule has 0 fully saturated rings. The zero-order chi connectivity index (χ0) is 23.9. The molecule has 4 aromatic rings. The van der Waals surface area contributed by atoms with Crippen molar-refractivity contribution >= 4 is 12.1 Å². The van der Waals surface area contributed by atoms with Crippen LogP contribution in [0.5, 0.6) is 17.2 Å². The summed E-state index contributed by atoms with van der Waals surface area (Å²) in [6.07, 6.45) is 1.47. The van der Waals surface area contributed by atoms with Gasteiger partial charge in [0.2, 0.25) is 0 Å². The second-order valence-corrected chi connectivity index (χ2v) is 7.26. The molecule has 1 aromatic heterocycles. The number of ether oxygens (including phenoxy) is 3. The normalized spacial score (nSPS) is 10.8. The number of methoxy groups -OCH3 is 3. The van der Waals surface area contributed by atoms with Crippen LogP contribution in [0.1, 0.15) is 16.1 Å². The number of nitrogens with zero attached hydrogens (tertiary/aromatic N) is 2. The van der Waals surface area contributed by atoms with Crippen LogP contribution in [-0.4, -0.2) is 43.6 Å². The van der Waals surface area contributed by atoms with Gasteiger partial charge in [-0.15, -0.1) is 0 Å². The Morgan fingerprint density at radius 2 is 1.44 bits per heavy atom. The number of rotatable bonds is 8. The Labute approximate surface area is 197 Å². The molecule has 0 saturated carbocycles. The highest BCUT2D eigenvalue weighted by molar-refractivity contribution is 5.94. The van der Waals surface area contributed by atoms with Crippen molar-refractivity contribution in [2.75, 3.05) is 21.3 Å². The van der Waals surface area contributed by atoms with Crippen LogP contribution >= 0.6 is 0 Å². The van der Waals surface area contributed by atoms with E-state index < -0.39 is 5.91 Å². The summed E-state index contributed by atoms with van der Waals surface area (Å²) in [4.78, 5) is 12.5. The number of aromatic amines is 1. The quantitative estimate of drug-likeness (QED) is 0.300. The standard InChI is InChI=1S/C26H24N4O4/c1-32-23-15-25(34-3)24(33-2)13-20(23)16-27-30-26(31)22-14-21(28-29-22)19-11-9-18(10-12-19)17-7-5-4-6-8-17/h4-16H,1-3H3,(H,28,29)(H,30,31)/b27-16-.